The smallest absolute Gasteiger partial charge is 0.170 e. The summed E-state index contributed by atoms with van der Waals surface area (Å²) in [6.45, 7) is 3.80. The van der Waals surface area contributed by atoms with E-state index in [0.29, 0.717) is 17.7 Å². The lowest BCUT2D eigenvalue weighted by Gasteiger charge is -2.45. The lowest BCUT2D eigenvalue weighted by Crippen LogP contribution is -2.55. The van der Waals surface area contributed by atoms with Crippen LogP contribution in [0.15, 0.2) is 18.2 Å². The molecule has 2 aliphatic heterocycles. The van der Waals surface area contributed by atoms with Gasteiger partial charge in [0.1, 0.15) is 17.2 Å². The second-order valence-corrected chi connectivity index (χ2v) is 5.26. The summed E-state index contributed by atoms with van der Waals surface area (Å²) >= 11 is 0. The highest BCUT2D eigenvalue weighted by atomic mass is 19.1. The van der Waals surface area contributed by atoms with E-state index in [1.807, 2.05) is 0 Å². The van der Waals surface area contributed by atoms with Crippen LogP contribution in [0.2, 0.25) is 0 Å². The second kappa shape index (κ2) is 4.05. The molecular weight excluding hydrogens is 233 g/mol. The number of hydrogen-bond donors (Lipinski definition) is 1. The van der Waals surface area contributed by atoms with Gasteiger partial charge in [-0.25, -0.2) is 4.39 Å². The van der Waals surface area contributed by atoms with Gasteiger partial charge in [-0.15, -0.1) is 0 Å². The first-order valence-electron chi connectivity index (χ1n) is 6.33. The molecule has 1 aromatic carbocycles. The summed E-state index contributed by atoms with van der Waals surface area (Å²) in [5, 5.41) is 3.30. The Morgan fingerprint density at radius 3 is 3.11 bits per heavy atom. The van der Waals surface area contributed by atoms with Gasteiger partial charge in [-0.05, 0) is 24.7 Å². The summed E-state index contributed by atoms with van der Waals surface area (Å²) in [6, 6.07) is 4.19. The van der Waals surface area contributed by atoms with Gasteiger partial charge in [-0.3, -0.25) is 4.79 Å². The van der Waals surface area contributed by atoms with Gasteiger partial charge < -0.3 is 10.1 Å². The molecule has 2 aliphatic rings. The second-order valence-electron chi connectivity index (χ2n) is 5.26. The molecule has 1 saturated heterocycles. The predicted octanol–water partition coefficient (Wildman–Crippen LogP) is 2.16. The Kier molecular flexibility index (Phi) is 2.63. The normalized spacial score (nSPS) is 31.0. The maximum absolute atomic E-state index is 13.2. The van der Waals surface area contributed by atoms with Gasteiger partial charge in [0.15, 0.2) is 5.78 Å². The maximum Gasteiger partial charge on any atom is 0.170 e. The van der Waals surface area contributed by atoms with Gasteiger partial charge in [0, 0.05) is 18.9 Å². The van der Waals surface area contributed by atoms with E-state index >= 15 is 0 Å². The largest absolute Gasteiger partial charge is 0.486 e. The summed E-state index contributed by atoms with van der Waals surface area (Å²) in [4.78, 5) is 12.2. The molecule has 0 aliphatic carbocycles. The van der Waals surface area contributed by atoms with Gasteiger partial charge in [0.2, 0.25) is 0 Å². The first-order chi connectivity index (χ1) is 8.61. The van der Waals surface area contributed by atoms with Crippen molar-refractivity contribution in [2.75, 3.05) is 13.1 Å². The van der Waals surface area contributed by atoms with E-state index in [1.54, 1.807) is 6.07 Å². The van der Waals surface area contributed by atoms with Gasteiger partial charge in [-0.1, -0.05) is 6.92 Å². The molecule has 0 amide bonds. The highest BCUT2D eigenvalue weighted by molar-refractivity contribution is 6.00. The summed E-state index contributed by atoms with van der Waals surface area (Å²) in [5.74, 6) is 0.402. The van der Waals surface area contributed by atoms with Crippen molar-refractivity contribution in [1.29, 1.82) is 0 Å². The van der Waals surface area contributed by atoms with Crippen LogP contribution in [-0.2, 0) is 0 Å². The van der Waals surface area contributed by atoms with Crippen molar-refractivity contribution in [3.05, 3.63) is 29.6 Å². The monoisotopic (exact) mass is 249 g/mol. The highest BCUT2D eigenvalue weighted by Crippen LogP contribution is 2.40. The molecule has 3 nitrogen and oxygen atoms in total. The Labute approximate surface area is 105 Å². The number of Topliss-reactive ketones (excluding diaryl/α,β-unsaturated/α-hetero) is 1. The molecule has 3 rings (SSSR count). The van der Waals surface area contributed by atoms with Crippen molar-refractivity contribution in [3.8, 4) is 5.75 Å². The molecule has 2 heterocycles. The average Bonchev–Trinajstić information content (AvgIpc) is 2.34. The number of carbonyl (C=O) groups is 1. The van der Waals surface area contributed by atoms with Crippen LogP contribution in [0, 0.1) is 11.7 Å². The lowest BCUT2D eigenvalue weighted by atomic mass is 9.76. The molecule has 1 aromatic rings. The fraction of sp³-hybridized carbons (Fsp3) is 0.500. The van der Waals surface area contributed by atoms with Gasteiger partial charge in [-0.2, -0.15) is 0 Å². The summed E-state index contributed by atoms with van der Waals surface area (Å²) in [7, 11) is 0. The molecule has 0 bridgehead atoms. The number of fused-ring (bicyclic) bond motifs is 1. The molecule has 1 N–H and O–H groups in total. The van der Waals surface area contributed by atoms with Crippen LogP contribution in [0.5, 0.6) is 5.75 Å². The Morgan fingerprint density at radius 1 is 1.50 bits per heavy atom. The number of hydrogen-bond acceptors (Lipinski definition) is 3. The van der Waals surface area contributed by atoms with Crippen molar-refractivity contribution in [3.63, 3.8) is 0 Å². The molecule has 0 saturated carbocycles. The standard InChI is InChI=1S/C14H16FNO2/c1-9-8-16-5-4-14(9)7-12(17)11-6-10(15)2-3-13(11)18-14/h2-3,6,9,16H,4-5,7-8H2,1H3. The first-order valence-corrected chi connectivity index (χ1v) is 6.33. The van der Waals surface area contributed by atoms with E-state index in [1.165, 1.54) is 12.1 Å². The fourth-order valence-electron chi connectivity index (χ4n) is 2.90. The molecule has 0 radical (unpaired) electrons. The van der Waals surface area contributed by atoms with Crippen LogP contribution in [0.1, 0.15) is 30.1 Å². The topological polar surface area (TPSA) is 38.3 Å². The van der Waals surface area contributed by atoms with E-state index in [-0.39, 0.29) is 17.5 Å². The van der Waals surface area contributed by atoms with E-state index in [0.717, 1.165) is 19.5 Å². The minimum atomic E-state index is -0.410. The predicted molar refractivity (Wildman–Crippen MR) is 65.4 cm³/mol. The average molecular weight is 249 g/mol. The Bertz CT molecular complexity index is 503. The Morgan fingerprint density at radius 2 is 2.33 bits per heavy atom. The van der Waals surface area contributed by atoms with E-state index in [4.69, 9.17) is 4.74 Å². The van der Waals surface area contributed by atoms with Crippen LogP contribution in [-0.4, -0.2) is 24.5 Å². The Hall–Kier alpha value is -1.42. The minimum absolute atomic E-state index is 0.00972. The zero-order valence-electron chi connectivity index (χ0n) is 10.3. The maximum atomic E-state index is 13.2. The molecular formula is C14H16FNO2. The van der Waals surface area contributed by atoms with Crippen molar-refractivity contribution >= 4 is 5.78 Å². The number of nitrogens with one attached hydrogen (secondary N) is 1. The molecule has 0 aromatic heterocycles. The number of piperidine rings is 1. The zero-order chi connectivity index (χ0) is 12.8. The number of ketones is 1. The number of benzene rings is 1. The first kappa shape index (κ1) is 11.7. The molecule has 4 heteroatoms. The van der Waals surface area contributed by atoms with Crippen molar-refractivity contribution in [2.45, 2.75) is 25.4 Å². The van der Waals surface area contributed by atoms with Crippen LogP contribution in [0.4, 0.5) is 4.39 Å². The van der Waals surface area contributed by atoms with Crippen LogP contribution >= 0.6 is 0 Å². The van der Waals surface area contributed by atoms with Crippen LogP contribution < -0.4 is 10.1 Å². The number of rotatable bonds is 0. The quantitative estimate of drug-likeness (QED) is 0.765. The highest BCUT2D eigenvalue weighted by Gasteiger charge is 2.45. The van der Waals surface area contributed by atoms with E-state index in [9.17, 15) is 9.18 Å². The van der Waals surface area contributed by atoms with Gasteiger partial charge in [0.05, 0.1) is 12.0 Å². The third kappa shape index (κ3) is 1.72. The zero-order valence-corrected chi connectivity index (χ0v) is 10.3. The van der Waals surface area contributed by atoms with Crippen molar-refractivity contribution in [1.82, 2.24) is 5.32 Å². The summed E-state index contributed by atoms with van der Waals surface area (Å²) in [6.07, 6.45) is 1.17. The molecule has 96 valence electrons. The summed E-state index contributed by atoms with van der Waals surface area (Å²) in [5.41, 5.74) is -0.0287. The molecule has 2 unspecified atom stereocenters. The third-order valence-electron chi connectivity index (χ3n) is 4.09. The summed E-state index contributed by atoms with van der Waals surface area (Å²) < 4.78 is 19.2. The van der Waals surface area contributed by atoms with E-state index in [2.05, 4.69) is 12.2 Å². The van der Waals surface area contributed by atoms with Gasteiger partial charge in [0.25, 0.3) is 0 Å². The number of ether oxygens (including phenoxy) is 1. The lowest BCUT2D eigenvalue weighted by molar-refractivity contribution is -0.0189. The van der Waals surface area contributed by atoms with E-state index < -0.39 is 5.60 Å². The number of halogens is 1. The number of carbonyl (C=O) groups excluding carboxylic acids is 1. The third-order valence-corrected chi connectivity index (χ3v) is 4.09. The van der Waals surface area contributed by atoms with Gasteiger partial charge >= 0.3 is 0 Å². The molecule has 1 spiro atoms. The SMILES string of the molecule is CC1CNCCC12CC(=O)c1cc(F)ccc1O2. The molecule has 2 atom stereocenters. The fourth-order valence-corrected chi connectivity index (χ4v) is 2.90. The molecule has 18 heavy (non-hydrogen) atoms. The van der Waals surface area contributed by atoms with Crippen molar-refractivity contribution in [2.24, 2.45) is 5.92 Å². The van der Waals surface area contributed by atoms with Crippen molar-refractivity contribution < 1.29 is 13.9 Å². The van der Waals surface area contributed by atoms with Crippen LogP contribution in [0.25, 0.3) is 0 Å². The van der Waals surface area contributed by atoms with Crippen LogP contribution in [0.3, 0.4) is 0 Å². The Balaban J connectivity index is 2.00. The molecule has 1 fully saturated rings. The minimum Gasteiger partial charge on any atom is -0.486 e.